The number of amidine groups is 1. The minimum absolute atomic E-state index is 0.0264. The molecule has 4 fully saturated rings. The van der Waals surface area contributed by atoms with Crippen molar-refractivity contribution in [1.29, 1.82) is 5.41 Å². The fourth-order valence-electron chi connectivity index (χ4n) is 8.73. The molecule has 5 aliphatic rings. The Hall–Kier alpha value is -2.57. The highest BCUT2D eigenvalue weighted by Crippen LogP contribution is 2.65. The first kappa shape index (κ1) is 32.8. The number of hydrogen-bond donors (Lipinski definition) is 3. The molecule has 4 N–H and O–H groups in total. The summed E-state index contributed by atoms with van der Waals surface area (Å²) in [7, 11) is 0. The molecule has 1 heterocycles. The predicted molar refractivity (Wildman–Crippen MR) is 172 cm³/mol. The molecule has 3 saturated carbocycles. The van der Waals surface area contributed by atoms with E-state index in [0.29, 0.717) is 23.7 Å². The van der Waals surface area contributed by atoms with Crippen LogP contribution in [0.25, 0.3) is 0 Å². The Morgan fingerprint density at radius 2 is 1.80 bits per heavy atom. The zero-order valence-electron chi connectivity index (χ0n) is 27.3. The average Bonchev–Trinajstić information content (AvgIpc) is 3.33. The first-order valence-corrected chi connectivity index (χ1v) is 16.7. The molecule has 4 aliphatic carbocycles. The molecule has 6 rings (SSSR count). The first-order valence-electron chi connectivity index (χ1n) is 16.7. The maximum atomic E-state index is 11.2. The summed E-state index contributed by atoms with van der Waals surface area (Å²) in [4.78, 5) is 0. The van der Waals surface area contributed by atoms with Gasteiger partial charge in [0.25, 0.3) is 0 Å². The van der Waals surface area contributed by atoms with Crippen molar-refractivity contribution in [2.24, 2.45) is 44.8 Å². The van der Waals surface area contributed by atoms with Gasteiger partial charge in [0, 0.05) is 29.7 Å². The van der Waals surface area contributed by atoms with Gasteiger partial charge in [-0.15, -0.1) is 5.11 Å². The Bertz CT molecular complexity index is 1300. The van der Waals surface area contributed by atoms with Crippen LogP contribution in [-0.2, 0) is 14.2 Å². The van der Waals surface area contributed by atoms with Crippen molar-refractivity contribution < 1.29 is 19.3 Å². The zero-order valence-corrected chi connectivity index (χ0v) is 27.3. The number of hydrogen-bond acceptors (Lipinski definition) is 6. The van der Waals surface area contributed by atoms with Crippen LogP contribution in [0.3, 0.4) is 0 Å². The highest BCUT2D eigenvalue weighted by atomic mass is 16.7. The largest absolute Gasteiger partial charge is 0.393 e. The summed E-state index contributed by atoms with van der Waals surface area (Å²) in [5.74, 6) is 12.6. The normalized spacial score (nSPS) is 33.4. The van der Waals surface area contributed by atoms with Gasteiger partial charge in [-0.2, -0.15) is 0 Å². The van der Waals surface area contributed by atoms with E-state index in [1.165, 1.54) is 18.4 Å². The average molecular weight is 605 g/mol. The summed E-state index contributed by atoms with van der Waals surface area (Å²) in [5.41, 5.74) is 5.65. The lowest BCUT2D eigenvalue weighted by atomic mass is 9.52. The summed E-state index contributed by atoms with van der Waals surface area (Å²) in [6, 6.07) is 8.69. The standard InChI is InChI=1S/C34H46N4O4.C2H6/c1-32(2)20-41-34(42-21-32)15-14-25-24(17-34)10-11-26-28-12-13-29(39)33(28,3)18-27(31(25)26)23-8-6-22(7-9-23)5-4-16-40-19-30(35)37-38-36;1-2/h6-9,24,26-29,39H,10-21H2,1-3H3,(H3,35,36,37);1-2H3. The molecule has 0 bridgehead atoms. The summed E-state index contributed by atoms with van der Waals surface area (Å²) < 4.78 is 18.3. The Morgan fingerprint density at radius 1 is 1.07 bits per heavy atom. The number of rotatable bonds is 4. The van der Waals surface area contributed by atoms with Gasteiger partial charge in [0.05, 0.1) is 19.3 Å². The van der Waals surface area contributed by atoms with E-state index in [4.69, 9.17) is 25.5 Å². The number of nitrogens with one attached hydrogen (secondary N) is 1. The molecule has 6 atom stereocenters. The summed E-state index contributed by atoms with van der Waals surface area (Å²) in [6.07, 6.45) is 8.17. The molecular weight excluding hydrogens is 552 g/mol. The molecule has 1 aromatic rings. The maximum Gasteiger partial charge on any atom is 0.171 e. The van der Waals surface area contributed by atoms with Gasteiger partial charge in [0.2, 0.25) is 0 Å². The molecule has 8 heteroatoms. The van der Waals surface area contributed by atoms with E-state index in [9.17, 15) is 5.11 Å². The molecule has 1 aromatic carbocycles. The van der Waals surface area contributed by atoms with Gasteiger partial charge >= 0.3 is 0 Å². The minimum Gasteiger partial charge on any atom is -0.393 e. The number of ether oxygens (including phenoxy) is 3. The van der Waals surface area contributed by atoms with Crippen LogP contribution in [0.4, 0.5) is 0 Å². The molecule has 6 unspecified atom stereocenters. The van der Waals surface area contributed by atoms with Crippen molar-refractivity contribution in [1.82, 2.24) is 0 Å². The molecular formula is C36H52N4O4. The fourth-order valence-corrected chi connectivity index (χ4v) is 8.73. The molecule has 1 saturated heterocycles. The van der Waals surface area contributed by atoms with Crippen molar-refractivity contribution in [3.05, 3.63) is 46.5 Å². The highest BCUT2D eigenvalue weighted by molar-refractivity contribution is 5.80. The van der Waals surface area contributed by atoms with Crippen LogP contribution >= 0.6 is 0 Å². The molecule has 44 heavy (non-hydrogen) atoms. The second-order valence-corrected chi connectivity index (χ2v) is 14.3. The van der Waals surface area contributed by atoms with Crippen LogP contribution in [0.15, 0.2) is 45.7 Å². The summed E-state index contributed by atoms with van der Waals surface area (Å²) in [5, 5.41) is 25.2. The van der Waals surface area contributed by atoms with Gasteiger partial charge < -0.3 is 25.2 Å². The van der Waals surface area contributed by atoms with Crippen LogP contribution in [0.2, 0.25) is 0 Å². The van der Waals surface area contributed by atoms with Crippen molar-refractivity contribution >= 4 is 5.84 Å². The van der Waals surface area contributed by atoms with Crippen LogP contribution in [0, 0.1) is 45.8 Å². The molecule has 0 radical (unpaired) electrons. The van der Waals surface area contributed by atoms with E-state index in [1.807, 2.05) is 13.8 Å². The number of aliphatic hydroxyl groups is 1. The summed E-state index contributed by atoms with van der Waals surface area (Å²) in [6.45, 7) is 12.6. The molecule has 8 nitrogen and oxygen atoms in total. The smallest absolute Gasteiger partial charge is 0.171 e. The second kappa shape index (κ2) is 13.4. The number of nitrogens with two attached hydrogens (primary N) is 1. The SMILES string of the molecule is CC.CC1(C)COC2(CCC3=C4C(c5ccc(C#CCOCC(=N)N=NN)cc5)CC5(C)C(O)CCC5C4CCC3C2)OC1. The van der Waals surface area contributed by atoms with E-state index in [0.717, 1.165) is 57.3 Å². The zero-order chi connectivity index (χ0) is 31.5. The number of fused-ring (bicyclic) bond motifs is 4. The van der Waals surface area contributed by atoms with E-state index in [2.05, 4.69) is 67.2 Å². The van der Waals surface area contributed by atoms with Gasteiger partial charge in [0.15, 0.2) is 11.6 Å². The second-order valence-electron chi connectivity index (χ2n) is 14.3. The third kappa shape index (κ3) is 6.53. The van der Waals surface area contributed by atoms with Crippen molar-refractivity contribution in [3.8, 4) is 11.8 Å². The van der Waals surface area contributed by atoms with Crippen molar-refractivity contribution in [2.75, 3.05) is 26.4 Å². The third-order valence-electron chi connectivity index (χ3n) is 10.9. The van der Waals surface area contributed by atoms with E-state index >= 15 is 0 Å². The number of nitrogens with zero attached hydrogens (tertiary/aromatic N) is 2. The number of benzene rings is 1. The molecule has 0 aromatic heterocycles. The van der Waals surface area contributed by atoms with Crippen LogP contribution < -0.4 is 5.84 Å². The number of allylic oxidation sites excluding steroid dienone is 2. The fraction of sp³-hybridized carbons (Fsp3) is 0.694. The van der Waals surface area contributed by atoms with E-state index < -0.39 is 5.79 Å². The number of aliphatic hydroxyl groups excluding tert-OH is 1. The quantitative estimate of drug-likeness (QED) is 0.0503. The minimum atomic E-state index is -0.419. The lowest BCUT2D eigenvalue weighted by Crippen LogP contribution is -2.52. The van der Waals surface area contributed by atoms with Gasteiger partial charge in [-0.25, -0.2) is 0 Å². The lowest BCUT2D eigenvalue weighted by Gasteiger charge is -2.55. The maximum absolute atomic E-state index is 11.2. The molecule has 1 spiro atoms. The molecule has 1 aliphatic heterocycles. The van der Waals surface area contributed by atoms with Crippen LogP contribution in [0.1, 0.15) is 103 Å². The van der Waals surface area contributed by atoms with Gasteiger partial charge in [-0.1, -0.05) is 75.0 Å². The first-order chi connectivity index (χ1) is 21.1. The van der Waals surface area contributed by atoms with Crippen molar-refractivity contribution in [2.45, 2.75) is 104 Å². The highest BCUT2D eigenvalue weighted by Gasteiger charge is 2.57. The monoisotopic (exact) mass is 604 g/mol. The Balaban J connectivity index is 0.00000188. The van der Waals surface area contributed by atoms with Gasteiger partial charge in [-0.3, -0.25) is 5.41 Å². The van der Waals surface area contributed by atoms with E-state index in [1.54, 1.807) is 11.1 Å². The van der Waals surface area contributed by atoms with Crippen molar-refractivity contribution in [3.63, 3.8) is 0 Å². The van der Waals surface area contributed by atoms with Gasteiger partial charge in [0.1, 0.15) is 13.2 Å². The predicted octanol–water partition coefficient (Wildman–Crippen LogP) is 6.92. The van der Waals surface area contributed by atoms with Gasteiger partial charge in [-0.05, 0) is 79.4 Å². The Labute approximate surface area is 263 Å². The van der Waals surface area contributed by atoms with E-state index in [-0.39, 0.29) is 36.0 Å². The third-order valence-corrected chi connectivity index (χ3v) is 10.9. The topological polar surface area (TPSA) is 123 Å². The summed E-state index contributed by atoms with van der Waals surface area (Å²) >= 11 is 0. The Kier molecular flexibility index (Phi) is 10.0. The molecule has 240 valence electrons. The van der Waals surface area contributed by atoms with Crippen LogP contribution in [-0.4, -0.2) is 49.3 Å². The van der Waals surface area contributed by atoms with Crippen LogP contribution in [0.5, 0.6) is 0 Å². The molecule has 0 amide bonds. The Morgan fingerprint density at radius 3 is 2.50 bits per heavy atom. The lowest BCUT2D eigenvalue weighted by molar-refractivity contribution is -0.312.